The summed E-state index contributed by atoms with van der Waals surface area (Å²) in [6.07, 6.45) is 6.88. The van der Waals surface area contributed by atoms with Crippen molar-refractivity contribution in [3.8, 4) is 12.1 Å². The van der Waals surface area contributed by atoms with Gasteiger partial charge in [0.15, 0.2) is 0 Å². The van der Waals surface area contributed by atoms with E-state index in [9.17, 15) is 0 Å². The van der Waals surface area contributed by atoms with Gasteiger partial charge in [0, 0.05) is 18.8 Å². The minimum absolute atomic E-state index is 0.172. The van der Waals surface area contributed by atoms with Gasteiger partial charge in [0.05, 0.1) is 0 Å². The van der Waals surface area contributed by atoms with Crippen LogP contribution in [0.25, 0.3) is 0 Å². The average Bonchev–Trinajstić information content (AvgIpc) is 2.68. The highest BCUT2D eigenvalue weighted by molar-refractivity contribution is 5.38. The molecule has 1 rings (SSSR count). The van der Waals surface area contributed by atoms with Gasteiger partial charge in [-0.25, -0.2) is 0 Å². The molecule has 0 aromatic heterocycles. The molecule has 0 saturated carbocycles. The van der Waals surface area contributed by atoms with Gasteiger partial charge in [-0.05, 0) is 31.4 Å². The molecule has 1 fully saturated rings. The van der Waals surface area contributed by atoms with E-state index in [-0.39, 0.29) is 5.57 Å². The lowest BCUT2D eigenvalue weighted by Crippen LogP contribution is -2.18. The molecular formula is C12H15N3. The second-order valence-electron chi connectivity index (χ2n) is 3.55. The molecule has 0 amide bonds. The van der Waals surface area contributed by atoms with Crippen molar-refractivity contribution in [2.75, 3.05) is 13.1 Å². The normalized spacial score (nSPS) is 17.3. The minimum Gasteiger partial charge on any atom is -0.375 e. The zero-order valence-electron chi connectivity index (χ0n) is 9.03. The maximum atomic E-state index is 8.59. The van der Waals surface area contributed by atoms with E-state index in [0.29, 0.717) is 0 Å². The predicted octanol–water partition coefficient (Wildman–Crippen LogP) is 2.35. The highest BCUT2D eigenvalue weighted by atomic mass is 15.1. The van der Waals surface area contributed by atoms with Crippen molar-refractivity contribution in [2.24, 2.45) is 0 Å². The minimum atomic E-state index is 0.172. The Bertz CT molecular complexity index is 336. The third-order valence-corrected chi connectivity index (χ3v) is 2.44. The van der Waals surface area contributed by atoms with E-state index < -0.39 is 0 Å². The van der Waals surface area contributed by atoms with Gasteiger partial charge in [0.25, 0.3) is 0 Å². The molecule has 0 radical (unpaired) electrons. The van der Waals surface area contributed by atoms with Crippen LogP contribution in [0.3, 0.4) is 0 Å². The standard InChI is InChI=1S/C12H15N3/c1-2-7-15-8-3-4-12(15)6-5-11(9-13)10-14/h5-6H,2-4,7-8H2,1H3/b12-6-. The summed E-state index contributed by atoms with van der Waals surface area (Å²) in [5, 5.41) is 17.2. The van der Waals surface area contributed by atoms with Crippen molar-refractivity contribution in [3.63, 3.8) is 0 Å². The van der Waals surface area contributed by atoms with Gasteiger partial charge < -0.3 is 4.90 Å². The Morgan fingerprint density at radius 3 is 2.80 bits per heavy atom. The lowest BCUT2D eigenvalue weighted by Gasteiger charge is -2.18. The van der Waals surface area contributed by atoms with Gasteiger partial charge in [0.2, 0.25) is 0 Å². The first-order valence-corrected chi connectivity index (χ1v) is 5.27. The van der Waals surface area contributed by atoms with Crippen molar-refractivity contribution in [1.82, 2.24) is 4.90 Å². The zero-order valence-corrected chi connectivity index (χ0v) is 9.03. The summed E-state index contributed by atoms with van der Waals surface area (Å²) in [7, 11) is 0. The fourth-order valence-electron chi connectivity index (χ4n) is 1.75. The van der Waals surface area contributed by atoms with E-state index in [1.807, 2.05) is 18.2 Å². The van der Waals surface area contributed by atoms with Crippen LogP contribution in [0.4, 0.5) is 0 Å². The van der Waals surface area contributed by atoms with Gasteiger partial charge in [-0.1, -0.05) is 6.92 Å². The maximum Gasteiger partial charge on any atom is 0.129 e. The number of allylic oxidation sites excluding steroid dienone is 4. The maximum absolute atomic E-state index is 8.59. The number of hydrogen-bond acceptors (Lipinski definition) is 3. The van der Waals surface area contributed by atoms with Gasteiger partial charge in [0.1, 0.15) is 17.7 Å². The van der Waals surface area contributed by atoms with Crippen molar-refractivity contribution in [3.05, 3.63) is 23.4 Å². The molecule has 0 bridgehead atoms. The number of nitrogens with zero attached hydrogens (tertiary/aromatic N) is 3. The molecule has 15 heavy (non-hydrogen) atoms. The first-order valence-electron chi connectivity index (χ1n) is 5.27. The lowest BCUT2D eigenvalue weighted by molar-refractivity contribution is 0.392. The van der Waals surface area contributed by atoms with E-state index in [0.717, 1.165) is 25.9 Å². The van der Waals surface area contributed by atoms with Gasteiger partial charge >= 0.3 is 0 Å². The van der Waals surface area contributed by atoms with Crippen molar-refractivity contribution >= 4 is 0 Å². The smallest absolute Gasteiger partial charge is 0.129 e. The predicted molar refractivity (Wildman–Crippen MR) is 58.5 cm³/mol. The summed E-state index contributed by atoms with van der Waals surface area (Å²) in [5.41, 5.74) is 1.42. The summed E-state index contributed by atoms with van der Waals surface area (Å²) in [6, 6.07) is 3.72. The molecule has 3 heteroatoms. The first kappa shape index (κ1) is 11.3. The Labute approximate surface area is 90.9 Å². The average molecular weight is 201 g/mol. The molecule has 0 aliphatic carbocycles. The van der Waals surface area contributed by atoms with Gasteiger partial charge in [-0.2, -0.15) is 10.5 Å². The van der Waals surface area contributed by atoms with Crippen molar-refractivity contribution in [1.29, 1.82) is 10.5 Å². The van der Waals surface area contributed by atoms with Crippen LogP contribution in [0, 0.1) is 22.7 Å². The third kappa shape index (κ3) is 3.14. The van der Waals surface area contributed by atoms with Crippen LogP contribution in [0.1, 0.15) is 26.2 Å². The second kappa shape index (κ2) is 5.88. The number of nitriles is 2. The van der Waals surface area contributed by atoms with Crippen molar-refractivity contribution < 1.29 is 0 Å². The quantitative estimate of drug-likeness (QED) is 0.658. The summed E-state index contributed by atoms with van der Waals surface area (Å²) < 4.78 is 0. The Kier molecular flexibility index (Phi) is 4.44. The van der Waals surface area contributed by atoms with E-state index in [1.165, 1.54) is 12.1 Å². The van der Waals surface area contributed by atoms with E-state index >= 15 is 0 Å². The molecule has 0 spiro atoms. The number of likely N-dealkylation sites (tertiary alicyclic amines) is 1. The molecule has 1 saturated heterocycles. The SMILES string of the molecule is CCCN1CCC/C1=C/C=C(C#N)C#N. The number of hydrogen-bond donors (Lipinski definition) is 0. The molecule has 3 nitrogen and oxygen atoms in total. The monoisotopic (exact) mass is 201 g/mol. The van der Waals surface area contributed by atoms with Crippen LogP contribution in [0.15, 0.2) is 23.4 Å². The van der Waals surface area contributed by atoms with E-state index in [2.05, 4.69) is 11.8 Å². The topological polar surface area (TPSA) is 50.8 Å². The van der Waals surface area contributed by atoms with Crippen LogP contribution in [-0.4, -0.2) is 18.0 Å². The Balaban J connectivity index is 2.71. The molecule has 0 aromatic carbocycles. The molecule has 0 atom stereocenters. The first-order chi connectivity index (χ1) is 7.31. The second-order valence-corrected chi connectivity index (χ2v) is 3.55. The zero-order chi connectivity index (χ0) is 11.1. The highest BCUT2D eigenvalue weighted by Gasteiger charge is 2.14. The van der Waals surface area contributed by atoms with Crippen LogP contribution in [0.2, 0.25) is 0 Å². The number of rotatable bonds is 3. The highest BCUT2D eigenvalue weighted by Crippen LogP contribution is 2.21. The molecule has 1 heterocycles. The fraction of sp³-hybridized carbons (Fsp3) is 0.500. The molecule has 1 aliphatic rings. The lowest BCUT2D eigenvalue weighted by atomic mass is 10.2. The van der Waals surface area contributed by atoms with Crippen LogP contribution in [0.5, 0.6) is 0 Å². The molecule has 1 aliphatic heterocycles. The summed E-state index contributed by atoms with van der Waals surface area (Å²) in [5.74, 6) is 0. The van der Waals surface area contributed by atoms with Crippen LogP contribution < -0.4 is 0 Å². The molecular weight excluding hydrogens is 186 g/mol. The molecule has 0 aromatic rings. The molecule has 0 unspecified atom stereocenters. The summed E-state index contributed by atoms with van der Waals surface area (Å²) in [4.78, 5) is 2.32. The largest absolute Gasteiger partial charge is 0.375 e. The van der Waals surface area contributed by atoms with Crippen LogP contribution >= 0.6 is 0 Å². The summed E-state index contributed by atoms with van der Waals surface area (Å²) in [6.45, 7) is 4.32. The summed E-state index contributed by atoms with van der Waals surface area (Å²) >= 11 is 0. The molecule has 78 valence electrons. The Hall–Kier alpha value is -1.74. The Morgan fingerprint density at radius 1 is 1.47 bits per heavy atom. The third-order valence-electron chi connectivity index (χ3n) is 2.44. The fourth-order valence-corrected chi connectivity index (χ4v) is 1.75. The Morgan fingerprint density at radius 2 is 2.20 bits per heavy atom. The van der Waals surface area contributed by atoms with Crippen molar-refractivity contribution in [2.45, 2.75) is 26.2 Å². The van der Waals surface area contributed by atoms with Gasteiger partial charge in [-0.15, -0.1) is 0 Å². The van der Waals surface area contributed by atoms with E-state index in [4.69, 9.17) is 10.5 Å². The molecule has 0 N–H and O–H groups in total. The van der Waals surface area contributed by atoms with Crippen LogP contribution in [-0.2, 0) is 0 Å². The van der Waals surface area contributed by atoms with E-state index in [1.54, 1.807) is 6.08 Å². The van der Waals surface area contributed by atoms with Gasteiger partial charge in [-0.3, -0.25) is 0 Å².